The van der Waals surface area contributed by atoms with Crippen molar-refractivity contribution in [2.75, 3.05) is 20.3 Å². The molecule has 0 aliphatic carbocycles. The molecule has 2 aromatic carbocycles. The molecule has 1 aromatic heterocycles. The van der Waals surface area contributed by atoms with Gasteiger partial charge >= 0.3 is 0 Å². The molecule has 1 aliphatic rings. The van der Waals surface area contributed by atoms with E-state index in [4.69, 9.17) is 4.74 Å². The molecule has 2 heterocycles. The number of methoxy groups -OCH3 is 1. The Hall–Kier alpha value is -3.75. The Labute approximate surface area is 197 Å². The summed E-state index contributed by atoms with van der Waals surface area (Å²) in [4.78, 5) is 26.4. The second-order valence-electron chi connectivity index (χ2n) is 7.83. The number of aliphatic imine (C=N–C) groups is 1. The van der Waals surface area contributed by atoms with E-state index in [1.807, 2.05) is 18.2 Å². The van der Waals surface area contributed by atoms with Gasteiger partial charge in [-0.2, -0.15) is 0 Å². The number of aliphatic hydroxyl groups excluding tert-OH is 1. The summed E-state index contributed by atoms with van der Waals surface area (Å²) in [6.07, 6.45) is 4.83. The van der Waals surface area contributed by atoms with Crippen molar-refractivity contribution in [3.8, 4) is 0 Å². The molecule has 1 amide bonds. The lowest BCUT2D eigenvalue weighted by Crippen LogP contribution is -2.47. The van der Waals surface area contributed by atoms with Gasteiger partial charge in [0.25, 0.3) is 5.91 Å². The van der Waals surface area contributed by atoms with Crippen molar-refractivity contribution in [3.05, 3.63) is 101 Å². The summed E-state index contributed by atoms with van der Waals surface area (Å²) in [7, 11) is 1.48. The minimum absolute atomic E-state index is 0.271. The molecule has 3 aromatic rings. The standard InChI is InChI=1S/C26H25FN4O3/c1-34-24(16-32)23(14-25-28-11-4-12-29-25)31-26(33)21-6-3-2-5-20(21)22-13-18(15-30-22)17-7-9-19(27)10-8-17/h2-13,23-24,32H,14-16H2,1H3,(H,31,33)/t23-,24-/m1/s1. The van der Waals surface area contributed by atoms with Gasteiger partial charge in [-0.15, -0.1) is 0 Å². The van der Waals surface area contributed by atoms with Crippen LogP contribution < -0.4 is 5.32 Å². The molecule has 0 bridgehead atoms. The minimum Gasteiger partial charge on any atom is -0.394 e. The summed E-state index contributed by atoms with van der Waals surface area (Å²) < 4.78 is 18.7. The highest BCUT2D eigenvalue weighted by molar-refractivity contribution is 6.19. The lowest BCUT2D eigenvalue weighted by atomic mass is 9.99. The molecular weight excluding hydrogens is 435 g/mol. The van der Waals surface area contributed by atoms with Crippen LogP contribution in [0.5, 0.6) is 0 Å². The highest BCUT2D eigenvalue weighted by Gasteiger charge is 2.26. The van der Waals surface area contributed by atoms with Gasteiger partial charge in [0.05, 0.1) is 24.9 Å². The topological polar surface area (TPSA) is 96.7 Å². The number of ether oxygens (including phenoxy) is 1. The van der Waals surface area contributed by atoms with Crippen molar-refractivity contribution < 1.29 is 19.0 Å². The lowest BCUT2D eigenvalue weighted by molar-refractivity contribution is 0.0211. The Kier molecular flexibility index (Phi) is 7.51. The van der Waals surface area contributed by atoms with Crippen LogP contribution in [0.1, 0.15) is 27.3 Å². The quantitative estimate of drug-likeness (QED) is 0.512. The molecule has 2 N–H and O–H groups in total. The van der Waals surface area contributed by atoms with E-state index in [0.29, 0.717) is 35.6 Å². The van der Waals surface area contributed by atoms with Crippen LogP contribution in [0.4, 0.5) is 4.39 Å². The fourth-order valence-corrected chi connectivity index (χ4v) is 3.85. The van der Waals surface area contributed by atoms with Crippen LogP contribution in [0.2, 0.25) is 0 Å². The van der Waals surface area contributed by atoms with Gasteiger partial charge in [0.15, 0.2) is 0 Å². The zero-order valence-electron chi connectivity index (χ0n) is 18.7. The van der Waals surface area contributed by atoms with Crippen molar-refractivity contribution >= 4 is 17.2 Å². The van der Waals surface area contributed by atoms with E-state index in [1.165, 1.54) is 19.2 Å². The number of amides is 1. The summed E-state index contributed by atoms with van der Waals surface area (Å²) in [6, 6.07) is 14.6. The van der Waals surface area contributed by atoms with Crippen molar-refractivity contribution in [1.29, 1.82) is 0 Å². The van der Waals surface area contributed by atoms with Crippen LogP contribution in [-0.4, -0.2) is 59.1 Å². The molecule has 0 unspecified atom stereocenters. The molecule has 8 heteroatoms. The molecule has 7 nitrogen and oxygen atoms in total. The van der Waals surface area contributed by atoms with Gasteiger partial charge in [0.2, 0.25) is 0 Å². The van der Waals surface area contributed by atoms with Crippen molar-refractivity contribution in [2.45, 2.75) is 18.6 Å². The van der Waals surface area contributed by atoms with Crippen molar-refractivity contribution in [2.24, 2.45) is 4.99 Å². The fourth-order valence-electron chi connectivity index (χ4n) is 3.85. The number of rotatable bonds is 9. The predicted octanol–water partition coefficient (Wildman–Crippen LogP) is 2.85. The average molecular weight is 461 g/mol. The van der Waals surface area contributed by atoms with E-state index in [0.717, 1.165) is 11.1 Å². The van der Waals surface area contributed by atoms with Crippen LogP contribution in [0, 0.1) is 5.82 Å². The largest absolute Gasteiger partial charge is 0.394 e. The average Bonchev–Trinajstić information content (AvgIpc) is 3.36. The molecule has 0 saturated carbocycles. The predicted molar refractivity (Wildman–Crippen MR) is 127 cm³/mol. The lowest BCUT2D eigenvalue weighted by Gasteiger charge is -2.25. The number of aliphatic hydroxyl groups is 1. The number of nitrogens with zero attached hydrogens (tertiary/aromatic N) is 3. The SMILES string of the molecule is CO[C@H](CO)[C@@H](Cc1ncccn1)NC(=O)c1ccccc1C1=NCC(c2ccc(F)cc2)=C1. The van der Waals surface area contributed by atoms with Gasteiger partial charge < -0.3 is 15.2 Å². The number of hydrogen-bond acceptors (Lipinski definition) is 6. The van der Waals surface area contributed by atoms with E-state index in [9.17, 15) is 14.3 Å². The maximum absolute atomic E-state index is 13.3. The Morgan fingerprint density at radius 2 is 1.85 bits per heavy atom. The number of hydrogen-bond donors (Lipinski definition) is 2. The number of aromatic nitrogens is 2. The first-order chi connectivity index (χ1) is 16.6. The molecule has 174 valence electrons. The number of benzene rings is 2. The smallest absolute Gasteiger partial charge is 0.252 e. The van der Waals surface area contributed by atoms with E-state index in [1.54, 1.807) is 42.7 Å². The summed E-state index contributed by atoms with van der Waals surface area (Å²) in [5.41, 5.74) is 3.65. The Morgan fingerprint density at radius 3 is 2.56 bits per heavy atom. The molecule has 0 spiro atoms. The van der Waals surface area contributed by atoms with Gasteiger partial charge in [-0.25, -0.2) is 14.4 Å². The van der Waals surface area contributed by atoms with Crippen LogP contribution in [0.15, 0.2) is 78.1 Å². The van der Waals surface area contributed by atoms with Gasteiger partial charge in [-0.1, -0.05) is 30.3 Å². The Morgan fingerprint density at radius 1 is 1.12 bits per heavy atom. The van der Waals surface area contributed by atoms with Crippen LogP contribution in [0.25, 0.3) is 5.57 Å². The maximum Gasteiger partial charge on any atom is 0.252 e. The van der Waals surface area contributed by atoms with Gasteiger partial charge in [-0.3, -0.25) is 9.79 Å². The second kappa shape index (κ2) is 10.9. The van der Waals surface area contributed by atoms with Crippen molar-refractivity contribution in [3.63, 3.8) is 0 Å². The van der Waals surface area contributed by atoms with E-state index in [-0.39, 0.29) is 18.3 Å². The van der Waals surface area contributed by atoms with Crippen LogP contribution >= 0.6 is 0 Å². The summed E-state index contributed by atoms with van der Waals surface area (Å²) >= 11 is 0. The molecule has 0 radical (unpaired) electrons. The summed E-state index contributed by atoms with van der Waals surface area (Å²) in [6.45, 7) is 0.174. The van der Waals surface area contributed by atoms with Gasteiger partial charge in [0, 0.05) is 37.1 Å². The summed E-state index contributed by atoms with van der Waals surface area (Å²) in [5, 5.41) is 12.7. The first-order valence-electron chi connectivity index (χ1n) is 10.9. The third-order valence-corrected chi connectivity index (χ3v) is 5.66. The van der Waals surface area contributed by atoms with E-state index in [2.05, 4.69) is 20.3 Å². The number of allylic oxidation sites excluding steroid dienone is 1. The molecule has 2 atom stereocenters. The Bertz CT molecular complexity index is 1190. The molecule has 0 saturated heterocycles. The molecular formula is C26H25FN4O3. The van der Waals surface area contributed by atoms with E-state index >= 15 is 0 Å². The monoisotopic (exact) mass is 460 g/mol. The van der Waals surface area contributed by atoms with E-state index < -0.39 is 12.1 Å². The molecule has 0 fully saturated rings. The normalized spacial score (nSPS) is 14.8. The zero-order chi connectivity index (χ0) is 23.9. The number of nitrogens with one attached hydrogen (secondary N) is 1. The maximum atomic E-state index is 13.3. The van der Waals surface area contributed by atoms with Crippen LogP contribution in [0.3, 0.4) is 0 Å². The summed E-state index contributed by atoms with van der Waals surface area (Å²) in [5.74, 6) is -0.0832. The first kappa shape index (κ1) is 23.4. The number of carbonyl (C=O) groups excluding carboxylic acids is 1. The van der Waals surface area contributed by atoms with Gasteiger partial charge in [0.1, 0.15) is 17.7 Å². The number of carbonyl (C=O) groups is 1. The highest BCUT2D eigenvalue weighted by atomic mass is 19.1. The highest BCUT2D eigenvalue weighted by Crippen LogP contribution is 2.24. The van der Waals surface area contributed by atoms with Crippen molar-refractivity contribution in [1.82, 2.24) is 15.3 Å². The van der Waals surface area contributed by atoms with Crippen LogP contribution in [-0.2, 0) is 11.2 Å². The molecule has 34 heavy (non-hydrogen) atoms. The fraction of sp³-hybridized carbons (Fsp3) is 0.231. The third kappa shape index (κ3) is 5.41. The zero-order valence-corrected chi connectivity index (χ0v) is 18.7. The second-order valence-corrected chi connectivity index (χ2v) is 7.83. The molecule has 1 aliphatic heterocycles. The molecule has 4 rings (SSSR count). The Balaban J connectivity index is 1.57. The third-order valence-electron chi connectivity index (χ3n) is 5.66. The number of halogens is 1. The first-order valence-corrected chi connectivity index (χ1v) is 10.9. The minimum atomic E-state index is -0.631. The van der Waals surface area contributed by atoms with Gasteiger partial charge in [-0.05, 0) is 41.5 Å².